The second-order valence-electron chi connectivity index (χ2n) is 14.0. The fraction of sp³-hybridized carbons (Fsp3) is 0.143. The molecule has 49 heavy (non-hydrogen) atoms. The van der Waals surface area contributed by atoms with E-state index in [-0.39, 0.29) is 0 Å². The van der Waals surface area contributed by atoms with Gasteiger partial charge in [-0.05, 0) is 128 Å². The maximum Gasteiger partial charge on any atom is -0.00201 e. The van der Waals surface area contributed by atoms with Crippen LogP contribution in [0.25, 0.3) is 71.3 Å². The average molecular weight is 631 g/mol. The van der Waals surface area contributed by atoms with Gasteiger partial charge in [0.05, 0.1) is 0 Å². The van der Waals surface area contributed by atoms with Gasteiger partial charge in [-0.25, -0.2) is 0 Å². The zero-order valence-electron chi connectivity index (χ0n) is 29.1. The van der Waals surface area contributed by atoms with Crippen LogP contribution in [0.3, 0.4) is 0 Å². The van der Waals surface area contributed by atoms with Gasteiger partial charge in [0, 0.05) is 0 Å². The summed E-state index contributed by atoms with van der Waals surface area (Å²) < 4.78 is 0. The molecule has 7 aromatic carbocycles. The number of hydrogen-bond donors (Lipinski definition) is 0. The van der Waals surface area contributed by atoms with E-state index in [1.807, 2.05) is 0 Å². The Kier molecular flexibility index (Phi) is 7.89. The standard InChI is InChI=1S/C49H42/c1-31-13-12-14-33(3)38(26-21-31)36-22-24-37(25-23-36)48-41-17-8-10-19-43(41)49(44-20-11-9-18-42(44)48)46-28-27-45(39-15-6-7-16-40(39)46)47-34(4)29-32(2)30-35(47)5/h6-13,15-30,33H,14H2,1-5H3/b13-12+,31-21-,38-26+. The summed E-state index contributed by atoms with van der Waals surface area (Å²) in [6, 6.07) is 45.6. The lowest BCUT2D eigenvalue weighted by Gasteiger charge is -2.21. The summed E-state index contributed by atoms with van der Waals surface area (Å²) in [7, 11) is 0. The van der Waals surface area contributed by atoms with Crippen molar-refractivity contribution in [1.29, 1.82) is 0 Å². The first kappa shape index (κ1) is 30.8. The van der Waals surface area contributed by atoms with Gasteiger partial charge in [-0.1, -0.05) is 164 Å². The van der Waals surface area contributed by atoms with Crippen LogP contribution in [-0.2, 0) is 0 Å². The third kappa shape index (κ3) is 5.42. The van der Waals surface area contributed by atoms with Crippen molar-refractivity contribution in [2.75, 3.05) is 0 Å². The molecule has 0 spiro atoms. The van der Waals surface area contributed by atoms with Crippen LogP contribution in [0.2, 0.25) is 0 Å². The van der Waals surface area contributed by atoms with E-state index in [1.165, 1.54) is 99.1 Å². The highest BCUT2D eigenvalue weighted by Crippen LogP contribution is 2.47. The number of fused-ring (bicyclic) bond motifs is 3. The molecule has 238 valence electrons. The van der Waals surface area contributed by atoms with Crippen LogP contribution in [0.1, 0.15) is 42.5 Å². The van der Waals surface area contributed by atoms with Gasteiger partial charge in [-0.15, -0.1) is 0 Å². The summed E-state index contributed by atoms with van der Waals surface area (Å²) in [5.41, 5.74) is 15.7. The molecule has 7 aromatic rings. The van der Waals surface area contributed by atoms with Gasteiger partial charge < -0.3 is 0 Å². The van der Waals surface area contributed by atoms with E-state index in [1.54, 1.807) is 0 Å². The van der Waals surface area contributed by atoms with Gasteiger partial charge >= 0.3 is 0 Å². The molecule has 1 unspecified atom stereocenters. The van der Waals surface area contributed by atoms with Crippen LogP contribution in [0.5, 0.6) is 0 Å². The Hall–Kier alpha value is -5.46. The molecular weight excluding hydrogens is 589 g/mol. The van der Waals surface area contributed by atoms with E-state index >= 15 is 0 Å². The largest absolute Gasteiger partial charge is 0.0837 e. The number of hydrogen-bond acceptors (Lipinski definition) is 0. The van der Waals surface area contributed by atoms with Crippen molar-refractivity contribution in [1.82, 2.24) is 0 Å². The predicted molar refractivity (Wildman–Crippen MR) is 214 cm³/mol. The lowest BCUT2D eigenvalue weighted by molar-refractivity contribution is 0.764. The Morgan fingerprint density at radius 2 is 0.939 bits per heavy atom. The molecule has 0 aromatic heterocycles. The Morgan fingerprint density at radius 3 is 1.49 bits per heavy atom. The Balaban J connectivity index is 1.35. The zero-order chi connectivity index (χ0) is 33.6. The van der Waals surface area contributed by atoms with E-state index in [4.69, 9.17) is 0 Å². The van der Waals surface area contributed by atoms with Gasteiger partial charge in [-0.2, -0.15) is 0 Å². The molecule has 1 atom stereocenters. The van der Waals surface area contributed by atoms with Gasteiger partial charge in [0.1, 0.15) is 0 Å². The van der Waals surface area contributed by atoms with Crippen molar-refractivity contribution in [2.45, 2.75) is 41.0 Å². The molecule has 1 aliphatic carbocycles. The molecule has 0 heterocycles. The van der Waals surface area contributed by atoms with E-state index in [0.29, 0.717) is 5.92 Å². The third-order valence-electron chi connectivity index (χ3n) is 10.5. The highest BCUT2D eigenvalue weighted by atomic mass is 14.2. The number of aryl methyl sites for hydroxylation is 3. The van der Waals surface area contributed by atoms with Crippen molar-refractivity contribution in [3.05, 3.63) is 173 Å². The highest BCUT2D eigenvalue weighted by Gasteiger charge is 2.20. The summed E-state index contributed by atoms with van der Waals surface area (Å²) in [6.07, 6.45) is 10.1. The lowest BCUT2D eigenvalue weighted by atomic mass is 9.82. The quantitative estimate of drug-likeness (QED) is 0.170. The van der Waals surface area contributed by atoms with E-state index in [2.05, 4.69) is 180 Å². The molecule has 0 radical (unpaired) electrons. The van der Waals surface area contributed by atoms with Gasteiger partial charge in [0.2, 0.25) is 0 Å². The average Bonchev–Trinajstić information content (AvgIpc) is 3.10. The van der Waals surface area contributed by atoms with Gasteiger partial charge in [0.15, 0.2) is 0 Å². The maximum atomic E-state index is 2.37. The van der Waals surface area contributed by atoms with Crippen LogP contribution in [0, 0.1) is 26.7 Å². The molecule has 0 bridgehead atoms. The SMILES string of the molecule is CC1=C/C=C(/c2ccc(-c3c4ccccc4c(-c4ccc(-c5c(C)cc(C)cc5C)c5ccccc45)c4ccccc34)cc2)C(C)C\C=C\1. The number of rotatable bonds is 4. The maximum absolute atomic E-state index is 2.37. The van der Waals surface area contributed by atoms with Crippen LogP contribution in [-0.4, -0.2) is 0 Å². The Morgan fingerprint density at radius 1 is 0.469 bits per heavy atom. The third-order valence-corrected chi connectivity index (χ3v) is 10.5. The van der Waals surface area contributed by atoms with Crippen LogP contribution < -0.4 is 0 Å². The molecular formula is C49H42. The van der Waals surface area contributed by atoms with Crippen molar-refractivity contribution in [3.63, 3.8) is 0 Å². The van der Waals surface area contributed by atoms with Crippen molar-refractivity contribution in [2.24, 2.45) is 5.92 Å². The summed E-state index contributed by atoms with van der Waals surface area (Å²) in [6.45, 7) is 11.2. The normalized spacial score (nSPS) is 17.7. The van der Waals surface area contributed by atoms with Gasteiger partial charge in [0.25, 0.3) is 0 Å². The first-order valence-electron chi connectivity index (χ1n) is 17.6. The monoisotopic (exact) mass is 630 g/mol. The molecule has 0 saturated carbocycles. The van der Waals surface area contributed by atoms with Gasteiger partial charge in [-0.3, -0.25) is 0 Å². The molecule has 0 heteroatoms. The number of allylic oxidation sites excluding steroid dienone is 6. The van der Waals surface area contributed by atoms with E-state index < -0.39 is 0 Å². The lowest BCUT2D eigenvalue weighted by Crippen LogP contribution is -1.99. The summed E-state index contributed by atoms with van der Waals surface area (Å²) in [5.74, 6) is 0.465. The topological polar surface area (TPSA) is 0 Å². The highest BCUT2D eigenvalue weighted by molar-refractivity contribution is 6.24. The fourth-order valence-electron chi connectivity index (χ4n) is 8.31. The minimum Gasteiger partial charge on any atom is -0.0837 e. The molecule has 0 amide bonds. The van der Waals surface area contributed by atoms with Crippen LogP contribution in [0.4, 0.5) is 0 Å². The van der Waals surface area contributed by atoms with Crippen molar-refractivity contribution < 1.29 is 0 Å². The minimum absolute atomic E-state index is 0.465. The Labute approximate surface area is 290 Å². The summed E-state index contributed by atoms with van der Waals surface area (Å²) in [5, 5.41) is 7.71. The molecule has 1 aliphatic rings. The molecule has 0 aliphatic heterocycles. The van der Waals surface area contributed by atoms with Crippen molar-refractivity contribution in [3.8, 4) is 33.4 Å². The molecule has 0 saturated heterocycles. The summed E-state index contributed by atoms with van der Waals surface area (Å²) in [4.78, 5) is 0. The summed E-state index contributed by atoms with van der Waals surface area (Å²) >= 11 is 0. The zero-order valence-corrected chi connectivity index (χ0v) is 29.1. The molecule has 0 nitrogen and oxygen atoms in total. The first-order valence-corrected chi connectivity index (χ1v) is 17.6. The first-order chi connectivity index (χ1) is 23.9. The number of benzene rings is 7. The molecule has 8 rings (SSSR count). The van der Waals surface area contributed by atoms with Crippen molar-refractivity contribution >= 4 is 37.9 Å². The molecule has 0 fully saturated rings. The van der Waals surface area contributed by atoms with Crippen LogP contribution in [0.15, 0.2) is 151 Å². The molecule has 0 N–H and O–H groups in total. The van der Waals surface area contributed by atoms with E-state index in [0.717, 1.165) is 6.42 Å². The minimum atomic E-state index is 0.465. The van der Waals surface area contributed by atoms with Crippen LogP contribution >= 0.6 is 0 Å². The Bertz CT molecular complexity index is 2420. The predicted octanol–water partition coefficient (Wildman–Crippen LogP) is 14.0. The van der Waals surface area contributed by atoms with E-state index in [9.17, 15) is 0 Å². The second-order valence-corrected chi connectivity index (χ2v) is 14.0. The fourth-order valence-corrected chi connectivity index (χ4v) is 8.31. The smallest absolute Gasteiger partial charge is 0.00201 e. The second kappa shape index (κ2) is 12.5.